The van der Waals surface area contributed by atoms with Crippen LogP contribution in [0.3, 0.4) is 0 Å². The van der Waals surface area contributed by atoms with Crippen LogP contribution in [-0.4, -0.2) is 25.6 Å². The Bertz CT molecular complexity index is 1110. The first-order chi connectivity index (χ1) is 14.0. The van der Waals surface area contributed by atoms with Crippen LogP contribution in [0.2, 0.25) is 0 Å². The highest BCUT2D eigenvalue weighted by atomic mass is 32.2. The van der Waals surface area contributed by atoms with Crippen LogP contribution in [-0.2, 0) is 21.1 Å². The molecule has 0 amide bonds. The zero-order valence-corrected chi connectivity index (χ0v) is 16.7. The molecule has 2 heterocycles. The maximum absolute atomic E-state index is 11.5. The highest BCUT2D eigenvalue weighted by Crippen LogP contribution is 2.29. The first kappa shape index (κ1) is 19.1. The summed E-state index contributed by atoms with van der Waals surface area (Å²) in [6.45, 7) is 0. The second-order valence-corrected chi connectivity index (χ2v) is 8.86. The first-order valence-electron chi connectivity index (χ1n) is 9.17. The lowest BCUT2D eigenvalue weighted by molar-refractivity contribution is 0.0855. The summed E-state index contributed by atoms with van der Waals surface area (Å²) in [5.41, 5.74) is 3.52. The standard InChI is InChI=1S/C22H20N2O4S/c1-29(25,26)22-12-11-19(15-23-22)27-21-14-20(28-24-21)18-9-7-17(8-10-18)13-16-5-3-2-4-6-16/h2-12,15,20H,13-14H2,1H3/t20-/m0/s1. The smallest absolute Gasteiger partial charge is 0.235 e. The Kier molecular flexibility index (Phi) is 5.31. The number of oxime groups is 1. The molecule has 0 unspecified atom stereocenters. The summed E-state index contributed by atoms with van der Waals surface area (Å²) in [7, 11) is -3.34. The van der Waals surface area contributed by atoms with Crippen LogP contribution in [0.4, 0.5) is 0 Å². The Morgan fingerprint density at radius 3 is 2.38 bits per heavy atom. The van der Waals surface area contributed by atoms with E-state index in [2.05, 4.69) is 34.4 Å². The van der Waals surface area contributed by atoms with Gasteiger partial charge in [0, 0.05) is 6.26 Å². The SMILES string of the molecule is CS(=O)(=O)c1ccc(OC2=NO[C@H](c3ccc(Cc4ccccc4)cc3)C2)cn1. The normalized spacial score (nSPS) is 16.2. The average molecular weight is 408 g/mol. The third-order valence-electron chi connectivity index (χ3n) is 4.57. The van der Waals surface area contributed by atoms with Crippen LogP contribution in [0.15, 0.2) is 83.1 Å². The minimum Gasteiger partial charge on any atom is -0.438 e. The molecule has 0 radical (unpaired) electrons. The molecule has 1 aliphatic heterocycles. The summed E-state index contributed by atoms with van der Waals surface area (Å²) in [5, 5.41) is 4.00. The Labute approximate surface area is 169 Å². The van der Waals surface area contributed by atoms with E-state index in [-0.39, 0.29) is 11.1 Å². The number of rotatable bonds is 5. The van der Waals surface area contributed by atoms with Gasteiger partial charge in [0.25, 0.3) is 0 Å². The van der Waals surface area contributed by atoms with Gasteiger partial charge in [-0.15, -0.1) is 0 Å². The second kappa shape index (κ2) is 8.05. The van der Waals surface area contributed by atoms with Crippen molar-refractivity contribution in [1.82, 2.24) is 4.98 Å². The summed E-state index contributed by atoms with van der Waals surface area (Å²) in [5.74, 6) is 0.843. The highest BCUT2D eigenvalue weighted by Gasteiger charge is 2.24. The van der Waals surface area contributed by atoms with Crippen LogP contribution < -0.4 is 4.74 Å². The molecule has 3 aromatic rings. The molecule has 148 valence electrons. The van der Waals surface area contributed by atoms with Gasteiger partial charge in [-0.05, 0) is 35.2 Å². The van der Waals surface area contributed by atoms with Crippen molar-refractivity contribution in [2.75, 3.05) is 6.26 Å². The lowest BCUT2D eigenvalue weighted by Gasteiger charge is -2.09. The lowest BCUT2D eigenvalue weighted by atomic mass is 10.0. The predicted octanol–water partition coefficient (Wildman–Crippen LogP) is 3.93. The molecule has 0 aliphatic carbocycles. The fourth-order valence-corrected chi connectivity index (χ4v) is 3.62. The van der Waals surface area contributed by atoms with Gasteiger partial charge < -0.3 is 9.57 Å². The van der Waals surface area contributed by atoms with Crippen molar-refractivity contribution in [2.45, 2.75) is 24.0 Å². The van der Waals surface area contributed by atoms with Crippen molar-refractivity contribution in [2.24, 2.45) is 5.16 Å². The maximum atomic E-state index is 11.5. The largest absolute Gasteiger partial charge is 0.438 e. The van der Waals surface area contributed by atoms with Gasteiger partial charge in [-0.1, -0.05) is 59.8 Å². The molecule has 4 rings (SSSR count). The Balaban J connectivity index is 1.35. The summed E-state index contributed by atoms with van der Waals surface area (Å²) in [6, 6.07) is 21.6. The number of aromatic nitrogens is 1. The first-order valence-corrected chi connectivity index (χ1v) is 11.1. The molecular formula is C22H20N2O4S. The van der Waals surface area contributed by atoms with Gasteiger partial charge in [-0.2, -0.15) is 0 Å². The number of sulfone groups is 1. The zero-order chi connectivity index (χ0) is 20.3. The second-order valence-electron chi connectivity index (χ2n) is 6.89. The lowest BCUT2D eigenvalue weighted by Crippen LogP contribution is -2.08. The third-order valence-corrected chi connectivity index (χ3v) is 5.57. The van der Waals surface area contributed by atoms with Crippen LogP contribution in [0.25, 0.3) is 0 Å². The highest BCUT2D eigenvalue weighted by molar-refractivity contribution is 7.90. The van der Waals surface area contributed by atoms with E-state index >= 15 is 0 Å². The van der Waals surface area contributed by atoms with Crippen molar-refractivity contribution in [3.8, 4) is 5.75 Å². The fourth-order valence-electron chi connectivity index (χ4n) is 3.06. The van der Waals surface area contributed by atoms with Crippen LogP contribution >= 0.6 is 0 Å². The van der Waals surface area contributed by atoms with Crippen LogP contribution in [0, 0.1) is 0 Å². The number of nitrogens with zero attached hydrogens (tertiary/aromatic N) is 2. The Hall–Kier alpha value is -3.19. The third kappa shape index (κ3) is 4.81. The van der Waals surface area contributed by atoms with Gasteiger partial charge in [-0.25, -0.2) is 13.4 Å². The number of ether oxygens (including phenoxy) is 1. The molecule has 29 heavy (non-hydrogen) atoms. The summed E-state index contributed by atoms with van der Waals surface area (Å²) in [6.07, 6.45) is 3.64. The fraction of sp³-hybridized carbons (Fsp3) is 0.182. The van der Waals surface area contributed by atoms with Crippen LogP contribution in [0.5, 0.6) is 5.75 Å². The van der Waals surface area contributed by atoms with Gasteiger partial charge in [0.2, 0.25) is 5.90 Å². The van der Waals surface area contributed by atoms with E-state index in [1.54, 1.807) is 6.07 Å². The van der Waals surface area contributed by atoms with E-state index in [0.717, 1.165) is 18.2 Å². The molecule has 0 N–H and O–H groups in total. The molecule has 2 aromatic carbocycles. The predicted molar refractivity (Wildman–Crippen MR) is 110 cm³/mol. The molecule has 1 aromatic heterocycles. The summed E-state index contributed by atoms with van der Waals surface area (Å²) in [4.78, 5) is 9.41. The van der Waals surface area contributed by atoms with Crippen molar-refractivity contribution in [3.05, 3.63) is 89.6 Å². The van der Waals surface area contributed by atoms with Gasteiger partial charge >= 0.3 is 0 Å². The molecule has 1 aliphatic rings. The molecule has 7 heteroatoms. The quantitative estimate of drug-likeness (QED) is 0.639. The maximum Gasteiger partial charge on any atom is 0.235 e. The average Bonchev–Trinajstić information content (AvgIpc) is 3.17. The molecule has 0 spiro atoms. The minimum absolute atomic E-state index is 0.00271. The summed E-state index contributed by atoms with van der Waals surface area (Å²) >= 11 is 0. The zero-order valence-electron chi connectivity index (χ0n) is 15.9. The van der Waals surface area contributed by atoms with E-state index < -0.39 is 9.84 Å². The van der Waals surface area contributed by atoms with E-state index in [1.165, 1.54) is 23.4 Å². The molecule has 0 bridgehead atoms. The topological polar surface area (TPSA) is 77.9 Å². The van der Waals surface area contributed by atoms with Crippen molar-refractivity contribution in [3.63, 3.8) is 0 Å². The summed E-state index contributed by atoms with van der Waals surface area (Å²) < 4.78 is 28.6. The molecule has 0 saturated carbocycles. The Morgan fingerprint density at radius 1 is 1.00 bits per heavy atom. The van der Waals surface area contributed by atoms with E-state index in [0.29, 0.717) is 18.1 Å². The monoisotopic (exact) mass is 408 g/mol. The van der Waals surface area contributed by atoms with Gasteiger partial charge in [0.05, 0.1) is 12.6 Å². The minimum atomic E-state index is -3.34. The van der Waals surface area contributed by atoms with Gasteiger partial charge in [-0.3, -0.25) is 0 Å². The van der Waals surface area contributed by atoms with Crippen molar-refractivity contribution in [1.29, 1.82) is 0 Å². The molecule has 0 fully saturated rings. The Morgan fingerprint density at radius 2 is 1.72 bits per heavy atom. The van der Waals surface area contributed by atoms with Gasteiger partial charge in [0.1, 0.15) is 5.75 Å². The molecular weight excluding hydrogens is 388 g/mol. The van der Waals surface area contributed by atoms with Crippen molar-refractivity contribution >= 4 is 15.7 Å². The number of hydrogen-bond donors (Lipinski definition) is 0. The van der Waals surface area contributed by atoms with E-state index in [4.69, 9.17) is 9.57 Å². The number of benzene rings is 2. The van der Waals surface area contributed by atoms with Crippen molar-refractivity contribution < 1.29 is 18.0 Å². The molecule has 6 nitrogen and oxygen atoms in total. The van der Waals surface area contributed by atoms with E-state index in [1.807, 2.05) is 30.3 Å². The molecule has 1 atom stereocenters. The van der Waals surface area contributed by atoms with Gasteiger partial charge in [0.15, 0.2) is 21.0 Å². The molecule has 0 saturated heterocycles. The number of pyridine rings is 1. The van der Waals surface area contributed by atoms with Crippen LogP contribution in [0.1, 0.15) is 29.2 Å². The van der Waals surface area contributed by atoms with E-state index in [9.17, 15) is 8.42 Å². The number of hydrogen-bond acceptors (Lipinski definition) is 6.